The second-order valence-corrected chi connectivity index (χ2v) is 2.91. The molecule has 0 fully saturated rings. The van der Waals surface area contributed by atoms with Crippen molar-refractivity contribution in [2.75, 3.05) is 6.54 Å². The molecular weight excluding hydrogens is 156 g/mol. The van der Waals surface area contributed by atoms with Crippen LogP contribution in [0.15, 0.2) is 10.6 Å². The monoisotopic (exact) mass is 170 g/mol. The highest BCUT2D eigenvalue weighted by Gasteiger charge is 2.00. The Balaban J connectivity index is 2.24. The summed E-state index contributed by atoms with van der Waals surface area (Å²) in [5.74, 6) is 0.799. The van der Waals surface area contributed by atoms with Crippen LogP contribution >= 0.6 is 0 Å². The first kappa shape index (κ1) is 9.22. The van der Waals surface area contributed by atoms with Crippen LogP contribution in [0.5, 0.6) is 0 Å². The van der Waals surface area contributed by atoms with E-state index in [0.717, 1.165) is 11.5 Å². The van der Waals surface area contributed by atoms with E-state index < -0.39 is 0 Å². The van der Waals surface area contributed by atoms with Crippen molar-refractivity contribution >= 4 is 0 Å². The molecule has 68 valence electrons. The van der Waals surface area contributed by atoms with Crippen molar-refractivity contribution in [3.8, 4) is 0 Å². The van der Waals surface area contributed by atoms with Gasteiger partial charge in [-0.2, -0.15) is 0 Å². The molecule has 0 radical (unpaired) electrons. The summed E-state index contributed by atoms with van der Waals surface area (Å²) in [6.07, 6.45) is -0.325. The number of rotatable bonds is 4. The lowest BCUT2D eigenvalue weighted by Crippen LogP contribution is -2.23. The number of nitrogens with zero attached hydrogens (tertiary/aromatic N) is 1. The summed E-state index contributed by atoms with van der Waals surface area (Å²) in [7, 11) is 0. The molecule has 0 saturated carbocycles. The molecule has 0 spiro atoms. The van der Waals surface area contributed by atoms with E-state index in [1.165, 1.54) is 0 Å². The van der Waals surface area contributed by atoms with E-state index in [2.05, 4.69) is 10.5 Å². The summed E-state index contributed by atoms with van der Waals surface area (Å²) in [5, 5.41) is 15.7. The van der Waals surface area contributed by atoms with Crippen LogP contribution in [0.4, 0.5) is 0 Å². The maximum Gasteiger partial charge on any atom is 0.150 e. The summed E-state index contributed by atoms with van der Waals surface area (Å²) in [5.41, 5.74) is 0.879. The van der Waals surface area contributed by atoms with Crippen molar-refractivity contribution in [1.29, 1.82) is 0 Å². The lowest BCUT2D eigenvalue weighted by atomic mass is 10.3. The molecule has 1 aromatic rings. The molecule has 0 aliphatic rings. The molecule has 12 heavy (non-hydrogen) atoms. The normalized spacial score (nSPS) is 13.2. The fraction of sp³-hybridized carbons (Fsp3) is 0.625. The highest BCUT2D eigenvalue weighted by Crippen LogP contribution is 2.00. The van der Waals surface area contributed by atoms with Crippen LogP contribution in [0.3, 0.4) is 0 Å². The maximum absolute atomic E-state index is 8.93. The number of hydrogen-bond donors (Lipinski definition) is 2. The first-order valence-corrected chi connectivity index (χ1v) is 3.99. The van der Waals surface area contributed by atoms with E-state index in [0.29, 0.717) is 13.1 Å². The van der Waals surface area contributed by atoms with Gasteiger partial charge in [0.1, 0.15) is 0 Å². The third kappa shape index (κ3) is 3.02. The van der Waals surface area contributed by atoms with E-state index in [1.54, 1.807) is 6.92 Å². The number of aryl methyl sites for hydroxylation is 1. The molecule has 0 aliphatic heterocycles. The summed E-state index contributed by atoms with van der Waals surface area (Å²) in [4.78, 5) is 0. The Bertz CT molecular complexity index is 233. The topological polar surface area (TPSA) is 58.3 Å². The van der Waals surface area contributed by atoms with Gasteiger partial charge in [-0.25, -0.2) is 0 Å². The van der Waals surface area contributed by atoms with Gasteiger partial charge in [0.2, 0.25) is 0 Å². The molecule has 1 heterocycles. The Labute approximate surface area is 71.6 Å². The molecule has 0 unspecified atom stereocenters. The highest BCUT2D eigenvalue weighted by molar-refractivity contribution is 5.02. The average Bonchev–Trinajstić information content (AvgIpc) is 2.35. The second-order valence-electron chi connectivity index (χ2n) is 2.91. The van der Waals surface area contributed by atoms with Crippen LogP contribution in [0.25, 0.3) is 0 Å². The van der Waals surface area contributed by atoms with E-state index in [4.69, 9.17) is 9.63 Å². The Morgan fingerprint density at radius 2 is 2.50 bits per heavy atom. The van der Waals surface area contributed by atoms with E-state index in [1.807, 2.05) is 13.0 Å². The summed E-state index contributed by atoms with van der Waals surface area (Å²) in [6, 6.07) is 1.87. The number of nitrogens with one attached hydrogen (secondary N) is 1. The van der Waals surface area contributed by atoms with Crippen molar-refractivity contribution in [3.05, 3.63) is 17.5 Å². The fourth-order valence-corrected chi connectivity index (χ4v) is 0.904. The van der Waals surface area contributed by atoms with Crippen LogP contribution in [0.1, 0.15) is 18.4 Å². The molecule has 1 atom stereocenters. The number of aliphatic hydroxyl groups excluding tert-OH is 1. The van der Waals surface area contributed by atoms with Crippen LogP contribution in [-0.4, -0.2) is 22.9 Å². The van der Waals surface area contributed by atoms with Gasteiger partial charge in [0, 0.05) is 12.6 Å². The van der Waals surface area contributed by atoms with Crippen molar-refractivity contribution in [2.45, 2.75) is 26.5 Å². The molecule has 4 heteroatoms. The lowest BCUT2D eigenvalue weighted by Gasteiger charge is -2.03. The number of hydrogen-bond acceptors (Lipinski definition) is 4. The third-order valence-electron chi connectivity index (χ3n) is 1.42. The molecule has 0 amide bonds. The minimum Gasteiger partial charge on any atom is -0.392 e. The van der Waals surface area contributed by atoms with Crippen LogP contribution in [-0.2, 0) is 6.54 Å². The van der Waals surface area contributed by atoms with E-state index in [9.17, 15) is 0 Å². The minimum atomic E-state index is -0.325. The van der Waals surface area contributed by atoms with E-state index >= 15 is 0 Å². The van der Waals surface area contributed by atoms with Crippen LogP contribution in [0.2, 0.25) is 0 Å². The van der Waals surface area contributed by atoms with Crippen LogP contribution in [0, 0.1) is 6.92 Å². The average molecular weight is 170 g/mol. The van der Waals surface area contributed by atoms with Gasteiger partial charge in [0.15, 0.2) is 5.76 Å². The minimum absolute atomic E-state index is 0.325. The zero-order valence-corrected chi connectivity index (χ0v) is 7.37. The highest BCUT2D eigenvalue weighted by atomic mass is 16.5. The first-order valence-electron chi connectivity index (χ1n) is 3.99. The van der Waals surface area contributed by atoms with Gasteiger partial charge in [0.25, 0.3) is 0 Å². The zero-order chi connectivity index (χ0) is 8.97. The Hall–Kier alpha value is -0.870. The van der Waals surface area contributed by atoms with Crippen molar-refractivity contribution in [3.63, 3.8) is 0 Å². The standard InChI is InChI=1S/C8H14N2O2/c1-6-3-8(12-10-6)5-9-4-7(2)11/h3,7,9,11H,4-5H2,1-2H3/t7-/m0/s1. The Morgan fingerprint density at radius 1 is 1.75 bits per heavy atom. The van der Waals surface area contributed by atoms with Gasteiger partial charge in [-0.05, 0) is 13.8 Å². The largest absolute Gasteiger partial charge is 0.392 e. The lowest BCUT2D eigenvalue weighted by molar-refractivity contribution is 0.189. The summed E-state index contributed by atoms with van der Waals surface area (Å²) >= 11 is 0. The zero-order valence-electron chi connectivity index (χ0n) is 7.37. The van der Waals surface area contributed by atoms with Gasteiger partial charge in [-0.3, -0.25) is 0 Å². The molecule has 1 aromatic heterocycles. The molecule has 0 aromatic carbocycles. The maximum atomic E-state index is 8.93. The van der Waals surface area contributed by atoms with Gasteiger partial charge < -0.3 is 14.9 Å². The molecule has 2 N–H and O–H groups in total. The summed E-state index contributed by atoms with van der Waals surface area (Å²) < 4.78 is 4.95. The number of aromatic nitrogens is 1. The molecule has 1 rings (SSSR count). The smallest absolute Gasteiger partial charge is 0.150 e. The van der Waals surface area contributed by atoms with E-state index in [-0.39, 0.29) is 6.10 Å². The molecule has 0 bridgehead atoms. The third-order valence-corrected chi connectivity index (χ3v) is 1.42. The van der Waals surface area contributed by atoms with Crippen LogP contribution < -0.4 is 5.32 Å². The quantitative estimate of drug-likeness (QED) is 0.689. The summed E-state index contributed by atoms with van der Waals surface area (Å²) in [6.45, 7) is 4.80. The predicted octanol–water partition coefficient (Wildman–Crippen LogP) is 0.453. The van der Waals surface area contributed by atoms with Crippen molar-refractivity contribution < 1.29 is 9.63 Å². The number of aliphatic hydroxyl groups is 1. The van der Waals surface area contributed by atoms with Gasteiger partial charge in [-0.1, -0.05) is 5.16 Å². The predicted molar refractivity (Wildman–Crippen MR) is 44.6 cm³/mol. The first-order chi connectivity index (χ1) is 5.68. The second kappa shape index (κ2) is 4.23. The van der Waals surface area contributed by atoms with Gasteiger partial charge >= 0.3 is 0 Å². The molecule has 4 nitrogen and oxygen atoms in total. The Morgan fingerprint density at radius 3 is 3.00 bits per heavy atom. The van der Waals surface area contributed by atoms with Crippen molar-refractivity contribution in [1.82, 2.24) is 10.5 Å². The molecular formula is C8H14N2O2. The fourth-order valence-electron chi connectivity index (χ4n) is 0.904. The van der Waals surface area contributed by atoms with Gasteiger partial charge in [0.05, 0.1) is 18.3 Å². The SMILES string of the molecule is Cc1cc(CNC[C@H](C)O)on1. The Kier molecular flexibility index (Phi) is 3.25. The van der Waals surface area contributed by atoms with Crippen molar-refractivity contribution in [2.24, 2.45) is 0 Å². The molecule has 0 saturated heterocycles. The molecule has 0 aliphatic carbocycles. The van der Waals surface area contributed by atoms with Gasteiger partial charge in [-0.15, -0.1) is 0 Å².